The third kappa shape index (κ3) is 6.16. The third-order valence-electron chi connectivity index (χ3n) is 6.53. The van der Waals surface area contributed by atoms with Crippen LogP contribution in [-0.4, -0.2) is 46.9 Å². The maximum atomic E-state index is 15.1. The number of aromatic amines is 1. The highest BCUT2D eigenvalue weighted by Gasteiger charge is 2.29. The molecule has 208 valence electrons. The van der Waals surface area contributed by atoms with Gasteiger partial charge in [-0.05, 0) is 56.0 Å². The quantitative estimate of drug-likeness (QED) is 0.136. The van der Waals surface area contributed by atoms with Gasteiger partial charge in [0.15, 0.2) is 11.6 Å². The average Bonchev–Trinajstić information content (AvgIpc) is 3.64. The number of fused-ring (bicyclic) bond motifs is 1. The van der Waals surface area contributed by atoms with Gasteiger partial charge in [-0.25, -0.2) is 9.37 Å². The number of hydrogen-bond donors (Lipinski definition) is 3. The van der Waals surface area contributed by atoms with E-state index in [9.17, 15) is 9.90 Å². The number of ether oxygens (including phenoxy) is 1. The predicted octanol–water partition coefficient (Wildman–Crippen LogP) is 6.59. The normalized spacial score (nSPS) is 12.6. The number of carbonyl (C=O) groups excluding carboxylic acids is 1. The van der Waals surface area contributed by atoms with Gasteiger partial charge in [-0.2, -0.15) is 0 Å². The summed E-state index contributed by atoms with van der Waals surface area (Å²) in [4.78, 5) is 18.6. The van der Waals surface area contributed by atoms with Crippen LogP contribution in [0, 0.1) is 5.82 Å². The van der Waals surface area contributed by atoms with Gasteiger partial charge in [0.25, 0.3) is 0 Å². The van der Waals surface area contributed by atoms with Crippen LogP contribution in [0.3, 0.4) is 0 Å². The van der Waals surface area contributed by atoms with Crippen molar-refractivity contribution >= 4 is 41.8 Å². The number of hydrogen-bond acceptors (Lipinski definition) is 6. The Hall–Kier alpha value is -3.42. The number of aryl methyl sites for hydroxylation is 1. The summed E-state index contributed by atoms with van der Waals surface area (Å²) >= 11 is 1.42. The maximum Gasteiger partial charge on any atom is 0.171 e. The van der Waals surface area contributed by atoms with E-state index in [-0.39, 0.29) is 5.75 Å². The second kappa shape index (κ2) is 12.8. The Bertz CT molecular complexity index is 1610. The minimum atomic E-state index is -1.30. The minimum Gasteiger partial charge on any atom is -0.454 e. The Labute approximate surface area is 238 Å². The van der Waals surface area contributed by atoms with Crippen molar-refractivity contribution in [2.45, 2.75) is 25.4 Å². The van der Waals surface area contributed by atoms with Crippen LogP contribution in [0.4, 0.5) is 4.39 Å². The van der Waals surface area contributed by atoms with Crippen LogP contribution < -0.4 is 10.0 Å². The molecule has 0 aliphatic heterocycles. The molecule has 0 spiro atoms. The van der Waals surface area contributed by atoms with Gasteiger partial charge in [0.05, 0.1) is 5.69 Å². The molecule has 0 aliphatic rings. The lowest BCUT2D eigenvalue weighted by Crippen LogP contribution is -2.23. The van der Waals surface area contributed by atoms with Crippen LogP contribution in [0.1, 0.15) is 30.2 Å². The molecule has 5 aromatic rings. The molecule has 1 atom stereocenters. The number of aliphatic hydroxyl groups is 2. The van der Waals surface area contributed by atoms with Crippen LogP contribution in [0.15, 0.2) is 72.2 Å². The molecule has 0 saturated carbocycles. The summed E-state index contributed by atoms with van der Waals surface area (Å²) in [7, 11) is 0.367. The largest absolute Gasteiger partial charge is 0.454 e. The summed E-state index contributed by atoms with van der Waals surface area (Å²) in [5.74, 6) is 0.364. The molecule has 0 saturated heterocycles. The summed E-state index contributed by atoms with van der Waals surface area (Å²) < 4.78 is 21.3. The highest BCUT2D eigenvalue weighted by atomic mass is 32.1. The van der Waals surface area contributed by atoms with E-state index in [1.54, 1.807) is 13.0 Å². The zero-order valence-electron chi connectivity index (χ0n) is 22.8. The maximum absolute atomic E-state index is 15.1. The second-order valence-corrected chi connectivity index (χ2v) is 12.6. The highest BCUT2D eigenvalue weighted by molar-refractivity contribution is 7.64. The smallest absolute Gasteiger partial charge is 0.171 e. The molecule has 6 nitrogen and oxygen atoms in total. The number of H-pyrrole nitrogens is 1. The number of aldehydes is 1. The molecule has 1 unspecified atom stereocenters. The number of nitrogens with zero attached hydrogens (tertiary/aromatic N) is 1. The van der Waals surface area contributed by atoms with Crippen molar-refractivity contribution in [1.82, 2.24) is 9.97 Å². The zero-order chi connectivity index (χ0) is 28.9. The lowest BCUT2D eigenvalue weighted by Gasteiger charge is -2.22. The molecule has 0 amide bonds. The van der Waals surface area contributed by atoms with E-state index in [1.165, 1.54) is 17.4 Å². The third-order valence-corrected chi connectivity index (χ3v) is 8.76. The van der Waals surface area contributed by atoms with E-state index in [0.29, 0.717) is 29.8 Å². The molecule has 0 aliphatic carbocycles. The average molecular weight is 579 g/mol. The van der Waals surface area contributed by atoms with E-state index in [4.69, 9.17) is 14.8 Å². The molecule has 0 bridgehead atoms. The first-order valence-corrected chi connectivity index (χ1v) is 15.8. The Morgan fingerprint density at radius 3 is 2.65 bits per heavy atom. The molecule has 0 radical (unpaired) electrons. The summed E-state index contributed by atoms with van der Waals surface area (Å²) in [6, 6.07) is 18.5. The number of aliphatic hydroxyl groups excluding tert-OH is 1. The number of thiazole rings is 1. The lowest BCUT2D eigenvalue weighted by atomic mass is 9.91. The van der Waals surface area contributed by atoms with Crippen molar-refractivity contribution in [1.29, 1.82) is 0 Å². The van der Waals surface area contributed by atoms with Crippen LogP contribution in [0.5, 0.6) is 11.5 Å². The van der Waals surface area contributed by atoms with Crippen molar-refractivity contribution in [3.8, 4) is 22.1 Å². The van der Waals surface area contributed by atoms with Gasteiger partial charge in [0.2, 0.25) is 0 Å². The van der Waals surface area contributed by atoms with Crippen LogP contribution in [0.25, 0.3) is 21.5 Å². The van der Waals surface area contributed by atoms with Crippen molar-refractivity contribution < 1.29 is 24.1 Å². The molecular formula is C31H32FN2O4PS. The van der Waals surface area contributed by atoms with Gasteiger partial charge >= 0.3 is 0 Å². The summed E-state index contributed by atoms with van der Waals surface area (Å²) in [6.07, 6.45) is 3.77. The van der Waals surface area contributed by atoms with Crippen LogP contribution in [-0.2, 0) is 16.8 Å². The molecule has 9 heteroatoms. The monoisotopic (exact) mass is 578 g/mol. The second-order valence-electron chi connectivity index (χ2n) is 9.52. The molecule has 3 N–H and O–H groups in total. The molecule has 5 rings (SSSR count). The number of halogens is 1. The topological polar surface area (TPSA) is 95.4 Å². The molecular weight excluding hydrogens is 546 g/mol. The number of carbonyl (C=O) groups is 1. The van der Waals surface area contributed by atoms with Crippen molar-refractivity contribution in [3.63, 3.8) is 0 Å². The van der Waals surface area contributed by atoms with E-state index in [0.717, 1.165) is 45.7 Å². The van der Waals surface area contributed by atoms with Crippen LogP contribution in [0.2, 0.25) is 0 Å². The van der Waals surface area contributed by atoms with Crippen LogP contribution >= 0.6 is 19.3 Å². The Kier molecular flexibility index (Phi) is 9.48. The van der Waals surface area contributed by atoms with Gasteiger partial charge in [0, 0.05) is 52.9 Å². The van der Waals surface area contributed by atoms with Gasteiger partial charge in [-0.1, -0.05) is 44.3 Å². The molecule has 2 aromatic heterocycles. The Morgan fingerprint density at radius 1 is 1.12 bits per heavy atom. The SMILES string of the molecule is CO.CP(C)c1c(Oc2cccc(-c3nc(C(C)(O)c4cccc(CCC=O)c4)cs3)c2)c(F)cc2[nH]ccc12. The standard InChI is InChI=1S/C30H28FN2O3PS.CH4O/c1-30(35,21-10-4-7-19(15-21)8-6-14-34)26-18-38-29(33-26)20-9-5-11-22(16-20)36-27-24(31)17-25-23(12-13-32-25)28(27)37(2)3;1-2/h4-5,7,9-18,32,35H,6,8H2,1-3H3;2H,1H3. The summed E-state index contributed by atoms with van der Waals surface area (Å²) in [5, 5.41) is 22.8. The summed E-state index contributed by atoms with van der Waals surface area (Å²) in [5.41, 5.74) is 2.51. The van der Waals surface area contributed by atoms with Crippen molar-refractivity contribution in [2.24, 2.45) is 0 Å². The number of rotatable bonds is 9. The Morgan fingerprint density at radius 2 is 1.90 bits per heavy atom. The fraction of sp³-hybridized carbons (Fsp3) is 0.226. The predicted molar refractivity (Wildman–Crippen MR) is 162 cm³/mol. The van der Waals surface area contributed by atoms with Gasteiger partial charge in [-0.3, -0.25) is 0 Å². The minimum absolute atomic E-state index is 0.252. The lowest BCUT2D eigenvalue weighted by molar-refractivity contribution is -0.107. The molecule has 40 heavy (non-hydrogen) atoms. The fourth-order valence-electron chi connectivity index (χ4n) is 4.52. The molecule has 3 aromatic carbocycles. The van der Waals surface area contributed by atoms with E-state index >= 15 is 4.39 Å². The van der Waals surface area contributed by atoms with Gasteiger partial charge in [-0.15, -0.1) is 11.3 Å². The zero-order valence-corrected chi connectivity index (χ0v) is 24.5. The first-order chi connectivity index (χ1) is 19.3. The number of nitrogens with one attached hydrogen (secondary N) is 1. The van der Waals surface area contributed by atoms with Crippen molar-refractivity contribution in [2.75, 3.05) is 20.4 Å². The Balaban J connectivity index is 0.00000181. The van der Waals surface area contributed by atoms with Crippen molar-refractivity contribution in [3.05, 3.63) is 94.9 Å². The van der Waals surface area contributed by atoms with E-state index in [1.807, 2.05) is 60.1 Å². The van der Waals surface area contributed by atoms with Gasteiger partial charge < -0.3 is 24.7 Å². The first kappa shape index (κ1) is 29.6. The number of aromatic nitrogens is 2. The molecule has 0 fully saturated rings. The summed E-state index contributed by atoms with van der Waals surface area (Å²) in [6.45, 7) is 5.89. The fourth-order valence-corrected chi connectivity index (χ4v) is 6.68. The van der Waals surface area contributed by atoms with Gasteiger partial charge in [0.1, 0.15) is 22.6 Å². The van der Waals surface area contributed by atoms with E-state index < -0.39 is 19.3 Å². The number of benzene rings is 3. The molecule has 2 heterocycles. The van der Waals surface area contributed by atoms with E-state index in [2.05, 4.69) is 18.3 Å². The first-order valence-electron chi connectivity index (χ1n) is 12.7. The highest BCUT2D eigenvalue weighted by Crippen LogP contribution is 2.39.